The first-order valence-electron chi connectivity index (χ1n) is 5.63. The Balaban J connectivity index is 1.85. The Labute approximate surface area is 92.0 Å². The summed E-state index contributed by atoms with van der Waals surface area (Å²) >= 11 is 0. The molecule has 4 heterocycles. The Kier molecular flexibility index (Phi) is 1.42. The predicted octanol–water partition coefficient (Wildman–Crippen LogP) is 1.28. The van der Waals surface area contributed by atoms with E-state index in [0.29, 0.717) is 0 Å². The van der Waals surface area contributed by atoms with Crippen LogP contribution in [-0.2, 0) is 15.1 Å². The monoisotopic (exact) mass is 223 g/mol. The Morgan fingerprint density at radius 1 is 1.38 bits per heavy atom. The number of rotatable bonds is 2. The van der Waals surface area contributed by atoms with Crippen LogP contribution in [0.4, 0.5) is 0 Å². The molecule has 3 aliphatic rings. The lowest BCUT2D eigenvalue weighted by molar-refractivity contribution is -0.0337. The van der Waals surface area contributed by atoms with Crippen LogP contribution < -0.4 is 0 Å². The predicted molar refractivity (Wildman–Crippen MR) is 53.2 cm³/mol. The molecule has 1 aromatic heterocycles. The molecule has 3 atom stereocenters. The highest BCUT2D eigenvalue weighted by atomic mass is 16.6. The molecule has 0 aliphatic carbocycles. The molecule has 2 fully saturated rings. The number of ether oxygens (including phenoxy) is 2. The number of H-pyrrole nitrogens is 1. The van der Waals surface area contributed by atoms with Crippen LogP contribution >= 0.6 is 0 Å². The van der Waals surface area contributed by atoms with Gasteiger partial charge in [0.05, 0.1) is 29.9 Å². The summed E-state index contributed by atoms with van der Waals surface area (Å²) < 4.78 is 11.2. The van der Waals surface area contributed by atoms with E-state index >= 15 is 0 Å². The summed E-state index contributed by atoms with van der Waals surface area (Å²) in [5.74, 6) is 0.103. The lowest BCUT2D eigenvalue weighted by Gasteiger charge is -2.24. The van der Waals surface area contributed by atoms with Gasteiger partial charge in [0.2, 0.25) is 0 Å². The highest BCUT2D eigenvalue weighted by Crippen LogP contribution is 2.62. The van der Waals surface area contributed by atoms with Gasteiger partial charge in [-0.2, -0.15) is 0 Å². The van der Waals surface area contributed by atoms with E-state index < -0.39 is 5.60 Å². The molecule has 3 aliphatic heterocycles. The van der Waals surface area contributed by atoms with Gasteiger partial charge in [-0.1, -0.05) is 0 Å². The van der Waals surface area contributed by atoms with Crippen molar-refractivity contribution in [1.82, 2.24) is 4.98 Å². The first-order valence-corrected chi connectivity index (χ1v) is 5.63. The summed E-state index contributed by atoms with van der Waals surface area (Å²) in [5, 5.41) is 19.5. The molecular formula is C11H13NO4. The molecule has 3 N–H and O–H groups in total. The molecule has 0 spiro atoms. The van der Waals surface area contributed by atoms with E-state index in [4.69, 9.17) is 9.47 Å². The van der Waals surface area contributed by atoms with Crippen LogP contribution in [0.25, 0.3) is 0 Å². The smallest absolute Gasteiger partial charge is 0.197 e. The largest absolute Gasteiger partial charge is 0.494 e. The molecule has 5 heteroatoms. The first-order chi connectivity index (χ1) is 7.70. The van der Waals surface area contributed by atoms with Gasteiger partial charge in [0.1, 0.15) is 5.60 Å². The fraction of sp³-hybridized carbons (Fsp3) is 0.636. The Hall–Kier alpha value is -1.20. The summed E-state index contributed by atoms with van der Waals surface area (Å²) in [7, 11) is 0. The molecule has 0 amide bonds. The average Bonchev–Trinajstić information content (AvgIpc) is 2.73. The number of aromatic amines is 1. The van der Waals surface area contributed by atoms with Crippen molar-refractivity contribution in [2.24, 2.45) is 0 Å². The van der Waals surface area contributed by atoms with Gasteiger partial charge in [-0.25, -0.2) is 0 Å². The van der Waals surface area contributed by atoms with Gasteiger partial charge in [0, 0.05) is 6.42 Å². The van der Waals surface area contributed by atoms with E-state index in [2.05, 4.69) is 4.98 Å². The standard InChI is InChI=1S/C11H13NO4/c13-9-7-6-1-2-11(16-6,3-5-4-15-5)8(7)10(14)12-9/h5-6,12-14H,1-4H2. The van der Waals surface area contributed by atoms with Gasteiger partial charge >= 0.3 is 0 Å². The molecule has 0 aromatic carbocycles. The van der Waals surface area contributed by atoms with Crippen molar-refractivity contribution in [1.29, 1.82) is 0 Å². The average molecular weight is 223 g/mol. The van der Waals surface area contributed by atoms with Crippen LogP contribution in [0.3, 0.4) is 0 Å². The SMILES string of the molecule is Oc1[nH]c(O)c2c1C1CCC2(CC2CO2)O1. The number of aromatic nitrogens is 1. The molecule has 4 rings (SSSR count). The molecule has 2 bridgehead atoms. The second-order valence-corrected chi connectivity index (χ2v) is 4.91. The third-order valence-corrected chi connectivity index (χ3v) is 3.91. The zero-order valence-corrected chi connectivity index (χ0v) is 8.69. The van der Waals surface area contributed by atoms with Gasteiger partial charge in [-0.15, -0.1) is 0 Å². The number of nitrogens with one attached hydrogen (secondary N) is 1. The zero-order valence-electron chi connectivity index (χ0n) is 8.69. The molecule has 1 aromatic rings. The summed E-state index contributed by atoms with van der Waals surface area (Å²) in [6.07, 6.45) is 2.77. The van der Waals surface area contributed by atoms with Crippen molar-refractivity contribution in [3.05, 3.63) is 11.1 Å². The minimum absolute atomic E-state index is 0.0513. The van der Waals surface area contributed by atoms with E-state index in [1.165, 1.54) is 0 Å². The number of epoxide rings is 1. The van der Waals surface area contributed by atoms with Crippen molar-refractivity contribution in [2.45, 2.75) is 37.1 Å². The van der Waals surface area contributed by atoms with Gasteiger partial charge in [-0.3, -0.25) is 4.98 Å². The molecule has 16 heavy (non-hydrogen) atoms. The van der Waals surface area contributed by atoms with Gasteiger partial charge in [-0.05, 0) is 12.8 Å². The van der Waals surface area contributed by atoms with Crippen LogP contribution in [0, 0.1) is 0 Å². The van der Waals surface area contributed by atoms with Crippen molar-refractivity contribution in [2.75, 3.05) is 6.61 Å². The number of hydrogen-bond donors (Lipinski definition) is 3. The van der Waals surface area contributed by atoms with E-state index in [9.17, 15) is 10.2 Å². The lowest BCUT2D eigenvalue weighted by Crippen LogP contribution is -2.24. The molecule has 0 radical (unpaired) electrons. The summed E-state index contributed by atoms with van der Waals surface area (Å²) in [4.78, 5) is 2.59. The summed E-state index contributed by atoms with van der Waals surface area (Å²) in [6.45, 7) is 0.780. The Morgan fingerprint density at radius 3 is 2.94 bits per heavy atom. The molecule has 0 saturated carbocycles. The number of aromatic hydroxyl groups is 2. The normalized spacial score (nSPS) is 39.0. The van der Waals surface area contributed by atoms with Gasteiger partial charge in [0.15, 0.2) is 11.8 Å². The van der Waals surface area contributed by atoms with Crippen LogP contribution in [0.1, 0.15) is 36.5 Å². The fourth-order valence-corrected chi connectivity index (χ4v) is 3.21. The highest BCUT2D eigenvalue weighted by Gasteiger charge is 2.56. The van der Waals surface area contributed by atoms with E-state index in [1.54, 1.807) is 0 Å². The number of hydrogen-bond acceptors (Lipinski definition) is 4. The molecule has 3 unspecified atom stereocenters. The quantitative estimate of drug-likeness (QED) is 0.660. The lowest BCUT2D eigenvalue weighted by atomic mass is 9.81. The summed E-state index contributed by atoms with van der Waals surface area (Å²) in [6, 6.07) is 0. The topological polar surface area (TPSA) is 78.0 Å². The minimum Gasteiger partial charge on any atom is -0.494 e. The van der Waals surface area contributed by atoms with Crippen molar-refractivity contribution in [3.63, 3.8) is 0 Å². The first kappa shape index (κ1) is 8.90. The second-order valence-electron chi connectivity index (χ2n) is 4.91. The second kappa shape index (κ2) is 2.55. The van der Waals surface area contributed by atoms with Gasteiger partial charge in [0.25, 0.3) is 0 Å². The van der Waals surface area contributed by atoms with E-state index in [0.717, 1.165) is 37.0 Å². The minimum atomic E-state index is -0.428. The van der Waals surface area contributed by atoms with Crippen LogP contribution in [0.2, 0.25) is 0 Å². The molecule has 2 saturated heterocycles. The highest BCUT2D eigenvalue weighted by molar-refractivity contribution is 5.53. The van der Waals surface area contributed by atoms with Crippen LogP contribution in [0.15, 0.2) is 0 Å². The molecular weight excluding hydrogens is 210 g/mol. The summed E-state index contributed by atoms with van der Waals surface area (Å²) in [5.41, 5.74) is 1.09. The van der Waals surface area contributed by atoms with E-state index in [-0.39, 0.29) is 24.0 Å². The maximum atomic E-state index is 9.84. The Bertz CT molecular complexity index is 465. The maximum Gasteiger partial charge on any atom is 0.197 e. The van der Waals surface area contributed by atoms with Crippen LogP contribution in [-0.4, -0.2) is 27.9 Å². The molecule has 5 nitrogen and oxygen atoms in total. The molecule has 86 valence electrons. The third-order valence-electron chi connectivity index (χ3n) is 3.91. The van der Waals surface area contributed by atoms with Crippen LogP contribution in [0.5, 0.6) is 11.8 Å². The van der Waals surface area contributed by atoms with Crippen molar-refractivity contribution < 1.29 is 19.7 Å². The third kappa shape index (κ3) is 0.929. The zero-order chi connectivity index (χ0) is 10.9. The fourth-order valence-electron chi connectivity index (χ4n) is 3.21. The van der Waals surface area contributed by atoms with E-state index in [1.807, 2.05) is 0 Å². The van der Waals surface area contributed by atoms with Crippen molar-refractivity contribution >= 4 is 0 Å². The van der Waals surface area contributed by atoms with Gasteiger partial charge < -0.3 is 19.7 Å². The number of fused-ring (bicyclic) bond motifs is 5. The Morgan fingerprint density at radius 2 is 2.19 bits per heavy atom. The maximum absolute atomic E-state index is 9.84. The van der Waals surface area contributed by atoms with Crippen molar-refractivity contribution in [3.8, 4) is 11.8 Å².